The lowest BCUT2D eigenvalue weighted by Crippen LogP contribution is -2.24. The second kappa shape index (κ2) is 5.33. The molecule has 1 fully saturated rings. The molecule has 0 aromatic heterocycles. The van der Waals surface area contributed by atoms with Crippen LogP contribution in [0.1, 0.15) is 49.3 Å². The molecule has 16 heavy (non-hydrogen) atoms. The Morgan fingerprint density at radius 3 is 2.62 bits per heavy atom. The van der Waals surface area contributed by atoms with Crippen molar-refractivity contribution in [3.8, 4) is 0 Å². The van der Waals surface area contributed by atoms with Crippen LogP contribution in [0.3, 0.4) is 0 Å². The second-order valence-corrected chi connectivity index (χ2v) is 5.84. The van der Waals surface area contributed by atoms with Gasteiger partial charge >= 0.3 is 0 Å². The maximum Gasteiger partial charge on any atom is 0.0326 e. The van der Waals surface area contributed by atoms with E-state index in [2.05, 4.69) is 41.1 Å². The van der Waals surface area contributed by atoms with E-state index in [4.69, 9.17) is 5.73 Å². The minimum atomic E-state index is 0.220. The van der Waals surface area contributed by atoms with Gasteiger partial charge in [-0.2, -0.15) is 0 Å². The molecule has 1 aromatic rings. The highest BCUT2D eigenvalue weighted by atomic mass is 79.9. The van der Waals surface area contributed by atoms with Crippen LogP contribution in [0.15, 0.2) is 22.7 Å². The van der Waals surface area contributed by atoms with Crippen molar-refractivity contribution in [2.75, 3.05) is 0 Å². The van der Waals surface area contributed by atoms with Gasteiger partial charge in [0.2, 0.25) is 0 Å². The molecule has 0 radical (unpaired) electrons. The van der Waals surface area contributed by atoms with Crippen molar-refractivity contribution in [1.82, 2.24) is 0 Å². The third-order valence-electron chi connectivity index (χ3n) is 3.76. The summed E-state index contributed by atoms with van der Waals surface area (Å²) >= 11 is 3.53. The Balaban J connectivity index is 2.18. The van der Waals surface area contributed by atoms with Gasteiger partial charge in [-0.1, -0.05) is 41.3 Å². The standard InChI is InChI=1S/C14H20BrN/c1-10-7-8-12(15)9-13(10)14(16)11-5-3-2-4-6-11/h7-9,11,14H,2-6,16H2,1H3. The van der Waals surface area contributed by atoms with E-state index in [1.54, 1.807) is 0 Å². The van der Waals surface area contributed by atoms with Crippen LogP contribution in [0.4, 0.5) is 0 Å². The molecule has 0 aliphatic heterocycles. The summed E-state index contributed by atoms with van der Waals surface area (Å²) in [6.07, 6.45) is 6.69. The van der Waals surface area contributed by atoms with Crippen LogP contribution in [-0.4, -0.2) is 0 Å². The topological polar surface area (TPSA) is 26.0 Å². The zero-order valence-electron chi connectivity index (χ0n) is 9.88. The molecule has 1 saturated carbocycles. The van der Waals surface area contributed by atoms with Crippen molar-refractivity contribution in [2.45, 2.75) is 45.1 Å². The van der Waals surface area contributed by atoms with Gasteiger partial charge < -0.3 is 5.73 Å². The molecule has 1 nitrogen and oxygen atoms in total. The first-order valence-corrected chi connectivity index (χ1v) is 6.99. The summed E-state index contributed by atoms with van der Waals surface area (Å²) in [6.45, 7) is 2.16. The van der Waals surface area contributed by atoms with Crippen LogP contribution >= 0.6 is 15.9 Å². The molecule has 0 saturated heterocycles. The molecule has 0 spiro atoms. The molecule has 0 heterocycles. The molecule has 2 N–H and O–H groups in total. The van der Waals surface area contributed by atoms with Crippen molar-refractivity contribution < 1.29 is 0 Å². The summed E-state index contributed by atoms with van der Waals surface area (Å²) in [4.78, 5) is 0. The van der Waals surface area contributed by atoms with Gasteiger partial charge in [-0.3, -0.25) is 0 Å². The van der Waals surface area contributed by atoms with Gasteiger partial charge in [0, 0.05) is 10.5 Å². The summed E-state index contributed by atoms with van der Waals surface area (Å²) in [5.41, 5.74) is 9.06. The minimum absolute atomic E-state index is 0.220. The summed E-state index contributed by atoms with van der Waals surface area (Å²) in [6, 6.07) is 6.65. The molecule has 1 aromatic carbocycles. The number of aryl methyl sites for hydroxylation is 1. The van der Waals surface area contributed by atoms with Gasteiger partial charge in [-0.15, -0.1) is 0 Å². The Hall–Kier alpha value is -0.340. The van der Waals surface area contributed by atoms with Crippen molar-refractivity contribution in [1.29, 1.82) is 0 Å². The second-order valence-electron chi connectivity index (χ2n) is 4.92. The zero-order chi connectivity index (χ0) is 11.5. The number of nitrogens with two attached hydrogens (primary N) is 1. The quantitative estimate of drug-likeness (QED) is 0.858. The van der Waals surface area contributed by atoms with Crippen molar-refractivity contribution >= 4 is 15.9 Å². The first kappa shape index (κ1) is 12.1. The molecule has 0 bridgehead atoms. The molecule has 1 atom stereocenters. The molecule has 1 unspecified atom stereocenters. The number of hydrogen-bond acceptors (Lipinski definition) is 1. The normalized spacial score (nSPS) is 19.7. The summed E-state index contributed by atoms with van der Waals surface area (Å²) in [7, 11) is 0. The first-order valence-electron chi connectivity index (χ1n) is 6.20. The monoisotopic (exact) mass is 281 g/mol. The van der Waals surface area contributed by atoms with Crippen molar-refractivity contribution in [3.63, 3.8) is 0 Å². The van der Waals surface area contributed by atoms with E-state index < -0.39 is 0 Å². The fourth-order valence-corrected chi connectivity index (χ4v) is 3.10. The van der Waals surface area contributed by atoms with Gasteiger partial charge in [0.1, 0.15) is 0 Å². The number of hydrogen-bond donors (Lipinski definition) is 1. The van der Waals surface area contributed by atoms with E-state index in [0.29, 0.717) is 5.92 Å². The van der Waals surface area contributed by atoms with Crippen LogP contribution in [-0.2, 0) is 0 Å². The fraction of sp³-hybridized carbons (Fsp3) is 0.571. The van der Waals surface area contributed by atoms with E-state index in [-0.39, 0.29) is 6.04 Å². The Kier molecular flexibility index (Phi) is 4.04. The van der Waals surface area contributed by atoms with Crippen LogP contribution in [0.2, 0.25) is 0 Å². The molecule has 1 aliphatic carbocycles. The third-order valence-corrected chi connectivity index (χ3v) is 4.25. The first-order chi connectivity index (χ1) is 7.68. The van der Waals surface area contributed by atoms with Crippen molar-refractivity contribution in [2.24, 2.45) is 11.7 Å². The molecule has 88 valence electrons. The summed E-state index contributed by atoms with van der Waals surface area (Å²) in [5.74, 6) is 0.682. The lowest BCUT2D eigenvalue weighted by molar-refractivity contribution is 0.307. The van der Waals surface area contributed by atoms with Gasteiger partial charge in [-0.25, -0.2) is 0 Å². The van der Waals surface area contributed by atoms with Gasteiger partial charge in [0.25, 0.3) is 0 Å². The number of rotatable bonds is 2. The maximum atomic E-state index is 6.42. The average molecular weight is 282 g/mol. The fourth-order valence-electron chi connectivity index (χ4n) is 2.72. The Morgan fingerprint density at radius 1 is 1.25 bits per heavy atom. The molecular weight excluding hydrogens is 262 g/mol. The molecular formula is C14H20BrN. The van der Waals surface area contributed by atoms with Crippen LogP contribution < -0.4 is 5.73 Å². The molecule has 1 aliphatic rings. The Bertz CT molecular complexity index is 356. The lowest BCUT2D eigenvalue weighted by Gasteiger charge is -2.28. The van der Waals surface area contributed by atoms with E-state index >= 15 is 0 Å². The van der Waals surface area contributed by atoms with E-state index in [1.165, 1.54) is 43.2 Å². The Morgan fingerprint density at radius 2 is 1.94 bits per heavy atom. The van der Waals surface area contributed by atoms with Gasteiger partial charge in [0.05, 0.1) is 0 Å². The van der Waals surface area contributed by atoms with E-state index in [9.17, 15) is 0 Å². The van der Waals surface area contributed by atoms with E-state index in [1.807, 2.05) is 0 Å². The number of benzene rings is 1. The number of halogens is 1. The van der Waals surface area contributed by atoms with E-state index in [0.717, 1.165) is 4.47 Å². The molecule has 2 heteroatoms. The van der Waals surface area contributed by atoms with Crippen LogP contribution in [0.25, 0.3) is 0 Å². The molecule has 0 amide bonds. The van der Waals surface area contributed by atoms with Gasteiger partial charge in [-0.05, 0) is 48.9 Å². The molecule has 2 rings (SSSR count). The highest BCUT2D eigenvalue weighted by Crippen LogP contribution is 2.34. The highest BCUT2D eigenvalue weighted by Gasteiger charge is 2.22. The lowest BCUT2D eigenvalue weighted by atomic mass is 9.80. The predicted molar refractivity (Wildman–Crippen MR) is 72.4 cm³/mol. The smallest absolute Gasteiger partial charge is 0.0326 e. The zero-order valence-corrected chi connectivity index (χ0v) is 11.5. The maximum absolute atomic E-state index is 6.42. The largest absolute Gasteiger partial charge is 0.324 e. The summed E-state index contributed by atoms with van der Waals surface area (Å²) < 4.78 is 1.14. The van der Waals surface area contributed by atoms with Crippen LogP contribution in [0, 0.1) is 12.8 Å². The van der Waals surface area contributed by atoms with Crippen molar-refractivity contribution in [3.05, 3.63) is 33.8 Å². The highest BCUT2D eigenvalue weighted by molar-refractivity contribution is 9.10. The SMILES string of the molecule is Cc1ccc(Br)cc1C(N)C1CCCCC1. The average Bonchev–Trinajstić information content (AvgIpc) is 2.32. The van der Waals surface area contributed by atoms with Crippen LogP contribution in [0.5, 0.6) is 0 Å². The minimum Gasteiger partial charge on any atom is -0.324 e. The predicted octanol–water partition coefficient (Wildman–Crippen LogP) is 4.34. The van der Waals surface area contributed by atoms with Gasteiger partial charge in [0.15, 0.2) is 0 Å². The summed E-state index contributed by atoms with van der Waals surface area (Å²) in [5, 5.41) is 0. The Labute approximate surface area is 107 Å². The third kappa shape index (κ3) is 2.67.